The first-order valence-corrected chi connectivity index (χ1v) is 7.51. The smallest absolute Gasteiger partial charge is 0.269 e. The summed E-state index contributed by atoms with van der Waals surface area (Å²) in [7, 11) is 0. The molecule has 0 radical (unpaired) electrons. The quantitative estimate of drug-likeness (QED) is 0.660. The molecule has 0 saturated heterocycles. The molecule has 1 aromatic heterocycles. The van der Waals surface area contributed by atoms with Crippen LogP contribution in [0.4, 0.5) is 0 Å². The second-order valence-electron chi connectivity index (χ2n) is 3.77. The largest absolute Gasteiger partial charge is 0.272 e. The molecule has 0 aliphatic rings. The highest BCUT2D eigenvalue weighted by Crippen LogP contribution is 2.23. The van der Waals surface area contributed by atoms with Crippen LogP contribution in [-0.2, 0) is 4.79 Å². The minimum atomic E-state index is -0.376. The number of aromatic nitrogens is 2. The van der Waals surface area contributed by atoms with Crippen LogP contribution in [0, 0.1) is 0 Å². The minimum Gasteiger partial charge on any atom is -0.272 e. The molecule has 8 heteroatoms. The highest BCUT2D eigenvalue weighted by atomic mass is 32.2. The first-order valence-electron chi connectivity index (χ1n) is 5.75. The van der Waals surface area contributed by atoms with Crippen LogP contribution in [0.2, 0.25) is 0 Å². The van der Waals surface area contributed by atoms with Gasteiger partial charge in [0.05, 0.1) is 5.25 Å². The van der Waals surface area contributed by atoms with Crippen molar-refractivity contribution in [2.75, 3.05) is 0 Å². The van der Waals surface area contributed by atoms with Crippen LogP contribution in [0.25, 0.3) is 0 Å². The van der Waals surface area contributed by atoms with Gasteiger partial charge < -0.3 is 0 Å². The second-order valence-corrected chi connectivity index (χ2v) is 6.20. The molecule has 0 fully saturated rings. The summed E-state index contributed by atoms with van der Waals surface area (Å²) in [6.07, 6.45) is 0. The van der Waals surface area contributed by atoms with Gasteiger partial charge in [-0.1, -0.05) is 41.3 Å². The van der Waals surface area contributed by atoms with Gasteiger partial charge >= 0.3 is 0 Å². The molecule has 0 bridgehead atoms. The van der Waals surface area contributed by atoms with E-state index in [-0.39, 0.29) is 17.1 Å². The van der Waals surface area contributed by atoms with Crippen molar-refractivity contribution >= 4 is 34.9 Å². The van der Waals surface area contributed by atoms with Crippen molar-refractivity contribution in [2.45, 2.75) is 16.5 Å². The minimum absolute atomic E-state index is 0.297. The van der Waals surface area contributed by atoms with Crippen LogP contribution in [0.5, 0.6) is 0 Å². The van der Waals surface area contributed by atoms with Crippen molar-refractivity contribution in [3.8, 4) is 0 Å². The number of amides is 2. The van der Waals surface area contributed by atoms with Gasteiger partial charge in [-0.15, -0.1) is 10.2 Å². The predicted molar refractivity (Wildman–Crippen MR) is 77.3 cm³/mol. The van der Waals surface area contributed by atoms with Gasteiger partial charge in [0, 0.05) is 5.56 Å². The lowest BCUT2D eigenvalue weighted by Gasteiger charge is -2.11. The number of carbonyl (C=O) groups is 2. The number of nitrogens with one attached hydrogen (secondary N) is 2. The number of hydrazine groups is 1. The highest BCUT2D eigenvalue weighted by Gasteiger charge is 2.16. The van der Waals surface area contributed by atoms with Gasteiger partial charge in [0.15, 0.2) is 4.34 Å². The lowest BCUT2D eigenvalue weighted by molar-refractivity contribution is -0.121. The molecule has 2 amide bonds. The first-order chi connectivity index (χ1) is 9.66. The molecule has 0 saturated carbocycles. The van der Waals surface area contributed by atoms with E-state index >= 15 is 0 Å². The summed E-state index contributed by atoms with van der Waals surface area (Å²) in [6, 6.07) is 8.66. The van der Waals surface area contributed by atoms with Crippen LogP contribution in [0.3, 0.4) is 0 Å². The van der Waals surface area contributed by atoms with Gasteiger partial charge in [-0.3, -0.25) is 20.4 Å². The number of carbonyl (C=O) groups excluding carboxylic acids is 2. The predicted octanol–water partition coefficient (Wildman–Crippen LogP) is 1.48. The maximum atomic E-state index is 11.8. The number of hydrogen-bond donors (Lipinski definition) is 2. The Hall–Kier alpha value is -1.93. The summed E-state index contributed by atoms with van der Waals surface area (Å²) in [5.41, 5.74) is 6.85. The Morgan fingerprint density at radius 1 is 1.25 bits per heavy atom. The number of rotatable bonds is 4. The van der Waals surface area contributed by atoms with E-state index in [2.05, 4.69) is 21.0 Å². The Morgan fingerprint density at radius 2 is 2.00 bits per heavy atom. The van der Waals surface area contributed by atoms with E-state index in [1.165, 1.54) is 23.1 Å². The highest BCUT2D eigenvalue weighted by molar-refractivity contribution is 8.02. The molecule has 1 heterocycles. The summed E-state index contributed by atoms with van der Waals surface area (Å²) < 4.78 is 0.710. The van der Waals surface area contributed by atoms with Gasteiger partial charge in [-0.2, -0.15) is 0 Å². The van der Waals surface area contributed by atoms with Crippen molar-refractivity contribution < 1.29 is 9.59 Å². The fourth-order valence-electron chi connectivity index (χ4n) is 1.30. The molecular weight excluding hydrogens is 296 g/mol. The number of thioether (sulfide) groups is 1. The molecular formula is C12H12N4O2S2. The Balaban J connectivity index is 1.81. The summed E-state index contributed by atoms with van der Waals surface area (Å²) >= 11 is 2.65. The zero-order chi connectivity index (χ0) is 14.4. The van der Waals surface area contributed by atoms with Crippen molar-refractivity contribution in [3.63, 3.8) is 0 Å². The second kappa shape index (κ2) is 7.01. The molecule has 2 aromatic rings. The van der Waals surface area contributed by atoms with Gasteiger partial charge in [-0.25, -0.2) is 0 Å². The summed E-state index contributed by atoms with van der Waals surface area (Å²) in [5, 5.41) is 7.16. The van der Waals surface area contributed by atoms with Gasteiger partial charge in [-0.05, 0) is 19.1 Å². The molecule has 2 N–H and O–H groups in total. The maximum absolute atomic E-state index is 11.8. The fraction of sp³-hybridized carbons (Fsp3) is 0.167. The average Bonchev–Trinajstić information content (AvgIpc) is 2.98. The Bertz CT molecular complexity index is 574. The third kappa shape index (κ3) is 4.04. The van der Waals surface area contributed by atoms with Gasteiger partial charge in [0.1, 0.15) is 5.51 Å². The van der Waals surface area contributed by atoms with E-state index in [0.29, 0.717) is 9.90 Å². The summed E-state index contributed by atoms with van der Waals surface area (Å²) in [4.78, 5) is 23.6. The monoisotopic (exact) mass is 308 g/mol. The summed E-state index contributed by atoms with van der Waals surface area (Å²) in [6.45, 7) is 1.73. The average molecular weight is 308 g/mol. The third-order valence-electron chi connectivity index (χ3n) is 2.32. The van der Waals surface area contributed by atoms with E-state index in [1.807, 2.05) is 6.07 Å². The van der Waals surface area contributed by atoms with Crippen LogP contribution >= 0.6 is 23.1 Å². The normalized spacial score (nSPS) is 11.7. The SMILES string of the molecule is C[C@@H](Sc1nncs1)C(=O)NNC(=O)c1ccccc1. The zero-order valence-corrected chi connectivity index (χ0v) is 12.2. The Morgan fingerprint density at radius 3 is 2.65 bits per heavy atom. The van der Waals surface area contributed by atoms with E-state index in [9.17, 15) is 9.59 Å². The lowest BCUT2D eigenvalue weighted by Crippen LogP contribution is -2.44. The number of benzene rings is 1. The van der Waals surface area contributed by atoms with Crippen LogP contribution < -0.4 is 10.9 Å². The lowest BCUT2D eigenvalue weighted by atomic mass is 10.2. The molecule has 0 unspecified atom stereocenters. The van der Waals surface area contributed by atoms with Gasteiger partial charge in [0.2, 0.25) is 0 Å². The molecule has 1 aromatic carbocycles. The molecule has 0 aliphatic heterocycles. The first kappa shape index (κ1) is 14.5. The van der Waals surface area contributed by atoms with E-state index in [1.54, 1.807) is 36.7 Å². The van der Waals surface area contributed by atoms with Crippen molar-refractivity contribution in [1.82, 2.24) is 21.0 Å². The molecule has 1 atom stereocenters. The fourth-order valence-corrected chi connectivity index (χ4v) is 2.93. The van der Waals surface area contributed by atoms with Crippen molar-refractivity contribution in [2.24, 2.45) is 0 Å². The van der Waals surface area contributed by atoms with Crippen LogP contribution in [-0.4, -0.2) is 27.3 Å². The number of hydrogen-bond acceptors (Lipinski definition) is 6. The molecule has 2 rings (SSSR count). The van der Waals surface area contributed by atoms with Gasteiger partial charge in [0.25, 0.3) is 11.8 Å². The van der Waals surface area contributed by atoms with E-state index in [4.69, 9.17) is 0 Å². The van der Waals surface area contributed by atoms with Crippen LogP contribution in [0.15, 0.2) is 40.2 Å². The number of nitrogens with zero attached hydrogens (tertiary/aromatic N) is 2. The maximum Gasteiger partial charge on any atom is 0.269 e. The van der Waals surface area contributed by atoms with Crippen molar-refractivity contribution in [3.05, 3.63) is 41.4 Å². The molecule has 104 valence electrons. The molecule has 0 spiro atoms. The third-order valence-corrected chi connectivity index (χ3v) is 4.23. The topological polar surface area (TPSA) is 84.0 Å². The molecule has 20 heavy (non-hydrogen) atoms. The zero-order valence-electron chi connectivity index (χ0n) is 10.6. The van der Waals surface area contributed by atoms with E-state index < -0.39 is 0 Å². The summed E-state index contributed by atoms with van der Waals surface area (Å²) in [5.74, 6) is -0.651. The molecule has 0 aliphatic carbocycles. The van der Waals surface area contributed by atoms with Crippen LogP contribution in [0.1, 0.15) is 17.3 Å². The van der Waals surface area contributed by atoms with Crippen molar-refractivity contribution in [1.29, 1.82) is 0 Å². The molecule has 6 nitrogen and oxygen atoms in total. The van der Waals surface area contributed by atoms with E-state index in [0.717, 1.165) is 0 Å². The standard InChI is InChI=1S/C12H12N4O2S2/c1-8(20-12-16-13-7-19-12)10(17)14-15-11(18)9-5-3-2-4-6-9/h2-8H,1H3,(H,14,17)(H,15,18)/t8-/m1/s1. The Labute approximate surface area is 124 Å². The Kier molecular flexibility index (Phi) is 5.08.